The van der Waals surface area contributed by atoms with Crippen molar-refractivity contribution in [2.24, 2.45) is 0 Å². The summed E-state index contributed by atoms with van der Waals surface area (Å²) in [5, 5.41) is 13.0. The Morgan fingerprint density at radius 3 is 2.88 bits per heavy atom. The van der Waals surface area contributed by atoms with Crippen molar-refractivity contribution in [2.45, 2.75) is 19.4 Å². The summed E-state index contributed by atoms with van der Waals surface area (Å²) in [6, 6.07) is 5.73. The first-order valence-corrected chi connectivity index (χ1v) is 6.29. The molecule has 2 rings (SSSR count). The number of rotatable bonds is 4. The summed E-state index contributed by atoms with van der Waals surface area (Å²) >= 11 is 1.56. The minimum atomic E-state index is -0.509. The minimum Gasteiger partial charge on any atom is -0.496 e. The quantitative estimate of drug-likeness (QED) is 0.906. The van der Waals surface area contributed by atoms with Gasteiger partial charge in [0.15, 0.2) is 0 Å². The van der Waals surface area contributed by atoms with Crippen molar-refractivity contribution in [2.75, 3.05) is 7.11 Å². The van der Waals surface area contributed by atoms with Gasteiger partial charge in [0, 0.05) is 18.0 Å². The number of aryl methyl sites for hydroxylation is 1. The zero-order chi connectivity index (χ0) is 12.3. The third kappa shape index (κ3) is 2.84. The second-order valence-electron chi connectivity index (χ2n) is 3.87. The summed E-state index contributed by atoms with van der Waals surface area (Å²) < 4.78 is 5.19. The molecule has 0 spiro atoms. The lowest BCUT2D eigenvalue weighted by Crippen LogP contribution is -2.02. The molecule has 0 bridgehead atoms. The number of thiazole rings is 1. The summed E-state index contributed by atoms with van der Waals surface area (Å²) in [5.74, 6) is 0.843. The first kappa shape index (κ1) is 12.1. The van der Waals surface area contributed by atoms with Gasteiger partial charge in [-0.05, 0) is 30.2 Å². The summed E-state index contributed by atoms with van der Waals surface area (Å²) in [6.07, 6.45) is 1.81. The first-order valence-electron chi connectivity index (χ1n) is 5.41. The molecule has 1 aromatic carbocycles. The van der Waals surface area contributed by atoms with Crippen molar-refractivity contribution in [3.63, 3.8) is 0 Å². The van der Waals surface area contributed by atoms with Crippen LogP contribution in [0.15, 0.2) is 29.8 Å². The van der Waals surface area contributed by atoms with Crippen LogP contribution in [0, 0.1) is 6.92 Å². The lowest BCUT2D eigenvalue weighted by molar-refractivity contribution is 0.178. The average Bonchev–Trinajstić information content (AvgIpc) is 2.81. The second-order valence-corrected chi connectivity index (χ2v) is 4.85. The van der Waals surface area contributed by atoms with E-state index in [0.29, 0.717) is 6.42 Å². The van der Waals surface area contributed by atoms with Crippen molar-refractivity contribution in [1.29, 1.82) is 0 Å². The highest BCUT2D eigenvalue weighted by atomic mass is 32.1. The van der Waals surface area contributed by atoms with Crippen molar-refractivity contribution in [3.8, 4) is 5.75 Å². The molecule has 0 amide bonds. The van der Waals surface area contributed by atoms with Crippen LogP contribution >= 0.6 is 11.3 Å². The molecule has 1 heterocycles. The van der Waals surface area contributed by atoms with E-state index in [4.69, 9.17) is 4.74 Å². The molecule has 0 fully saturated rings. The topological polar surface area (TPSA) is 42.4 Å². The molecule has 1 unspecified atom stereocenters. The molecule has 2 aromatic rings. The van der Waals surface area contributed by atoms with Crippen LogP contribution in [0.25, 0.3) is 0 Å². The Morgan fingerprint density at radius 2 is 2.29 bits per heavy atom. The Balaban J connectivity index is 2.14. The maximum absolute atomic E-state index is 10.1. The third-order valence-electron chi connectivity index (χ3n) is 2.66. The molecule has 4 heteroatoms. The van der Waals surface area contributed by atoms with E-state index in [9.17, 15) is 5.11 Å². The molecule has 3 nitrogen and oxygen atoms in total. The van der Waals surface area contributed by atoms with Crippen LogP contribution in [0.5, 0.6) is 5.75 Å². The molecule has 0 saturated heterocycles. The highest BCUT2D eigenvalue weighted by Crippen LogP contribution is 2.25. The first-order chi connectivity index (χ1) is 8.20. The van der Waals surface area contributed by atoms with Crippen LogP contribution in [0.3, 0.4) is 0 Å². The Kier molecular flexibility index (Phi) is 3.76. The summed E-state index contributed by atoms with van der Waals surface area (Å²) in [4.78, 5) is 4.17. The van der Waals surface area contributed by atoms with Gasteiger partial charge < -0.3 is 9.84 Å². The zero-order valence-electron chi connectivity index (χ0n) is 9.88. The predicted molar refractivity (Wildman–Crippen MR) is 68.5 cm³/mol. The fraction of sp³-hybridized carbons (Fsp3) is 0.308. The van der Waals surface area contributed by atoms with E-state index < -0.39 is 6.10 Å². The van der Waals surface area contributed by atoms with Gasteiger partial charge in [-0.2, -0.15) is 0 Å². The molecule has 1 atom stereocenters. The van der Waals surface area contributed by atoms with Gasteiger partial charge in [-0.25, -0.2) is 4.98 Å². The van der Waals surface area contributed by atoms with Gasteiger partial charge in [0.1, 0.15) is 5.75 Å². The van der Waals surface area contributed by atoms with E-state index in [2.05, 4.69) is 4.98 Å². The lowest BCUT2D eigenvalue weighted by atomic mass is 10.0. The number of aromatic nitrogens is 1. The number of aliphatic hydroxyl groups is 1. The van der Waals surface area contributed by atoms with Crippen LogP contribution < -0.4 is 4.74 Å². The van der Waals surface area contributed by atoms with Crippen molar-refractivity contribution in [3.05, 3.63) is 45.9 Å². The fourth-order valence-electron chi connectivity index (χ4n) is 1.75. The van der Waals surface area contributed by atoms with E-state index in [-0.39, 0.29) is 0 Å². The molecule has 90 valence electrons. The van der Waals surface area contributed by atoms with Crippen LogP contribution in [0.2, 0.25) is 0 Å². The number of hydrogen-bond acceptors (Lipinski definition) is 4. The summed E-state index contributed by atoms with van der Waals surface area (Å²) in [7, 11) is 1.65. The van der Waals surface area contributed by atoms with Crippen LogP contribution in [-0.4, -0.2) is 17.2 Å². The van der Waals surface area contributed by atoms with Gasteiger partial charge in [-0.15, -0.1) is 11.3 Å². The molecule has 0 saturated carbocycles. The Bertz CT molecular complexity index is 482. The Morgan fingerprint density at radius 1 is 1.47 bits per heavy atom. The van der Waals surface area contributed by atoms with Gasteiger partial charge in [-0.1, -0.05) is 6.07 Å². The van der Waals surface area contributed by atoms with Crippen molar-refractivity contribution >= 4 is 11.3 Å². The number of nitrogens with zero attached hydrogens (tertiary/aromatic N) is 1. The molecule has 0 radical (unpaired) electrons. The van der Waals surface area contributed by atoms with E-state index in [0.717, 1.165) is 21.9 Å². The number of methoxy groups -OCH3 is 1. The Labute approximate surface area is 105 Å². The molecular weight excluding hydrogens is 234 g/mol. The SMILES string of the molecule is COc1ccc(C(O)Cc2nccs2)cc1C. The third-order valence-corrected chi connectivity index (χ3v) is 3.46. The van der Waals surface area contributed by atoms with Crippen LogP contribution in [0.4, 0.5) is 0 Å². The molecule has 0 aliphatic carbocycles. The van der Waals surface area contributed by atoms with E-state index in [1.54, 1.807) is 24.6 Å². The van der Waals surface area contributed by atoms with Gasteiger partial charge in [0.05, 0.1) is 18.2 Å². The standard InChI is InChI=1S/C13H15NO2S/c1-9-7-10(3-4-12(9)16-2)11(15)8-13-14-5-6-17-13/h3-7,11,15H,8H2,1-2H3. The second kappa shape index (κ2) is 5.29. The van der Waals surface area contributed by atoms with Crippen LogP contribution in [-0.2, 0) is 6.42 Å². The molecule has 1 aromatic heterocycles. The van der Waals surface area contributed by atoms with Crippen molar-refractivity contribution < 1.29 is 9.84 Å². The van der Waals surface area contributed by atoms with E-state index in [1.807, 2.05) is 30.5 Å². The highest BCUT2D eigenvalue weighted by molar-refractivity contribution is 7.09. The number of aliphatic hydroxyl groups excluding tert-OH is 1. The molecule has 0 aliphatic heterocycles. The fourth-order valence-corrected chi connectivity index (χ4v) is 2.40. The molecule has 17 heavy (non-hydrogen) atoms. The lowest BCUT2D eigenvalue weighted by Gasteiger charge is -2.12. The summed E-state index contributed by atoms with van der Waals surface area (Å²) in [5.41, 5.74) is 1.93. The smallest absolute Gasteiger partial charge is 0.121 e. The minimum absolute atomic E-state index is 0.509. The normalized spacial score (nSPS) is 12.4. The molecule has 1 N–H and O–H groups in total. The maximum Gasteiger partial charge on any atom is 0.121 e. The van der Waals surface area contributed by atoms with E-state index in [1.165, 1.54) is 0 Å². The van der Waals surface area contributed by atoms with Gasteiger partial charge in [0.2, 0.25) is 0 Å². The number of ether oxygens (including phenoxy) is 1. The Hall–Kier alpha value is -1.39. The monoisotopic (exact) mass is 249 g/mol. The van der Waals surface area contributed by atoms with Gasteiger partial charge in [0.25, 0.3) is 0 Å². The zero-order valence-corrected chi connectivity index (χ0v) is 10.7. The molecular formula is C13H15NO2S. The van der Waals surface area contributed by atoms with Crippen molar-refractivity contribution in [1.82, 2.24) is 4.98 Å². The van der Waals surface area contributed by atoms with E-state index >= 15 is 0 Å². The van der Waals surface area contributed by atoms with Crippen LogP contribution in [0.1, 0.15) is 22.2 Å². The predicted octanol–water partition coefficient (Wildman–Crippen LogP) is 2.74. The number of benzene rings is 1. The highest BCUT2D eigenvalue weighted by Gasteiger charge is 2.11. The largest absolute Gasteiger partial charge is 0.496 e. The van der Waals surface area contributed by atoms with Gasteiger partial charge in [-0.3, -0.25) is 0 Å². The summed E-state index contributed by atoms with van der Waals surface area (Å²) in [6.45, 7) is 1.97. The van der Waals surface area contributed by atoms with Gasteiger partial charge >= 0.3 is 0 Å². The average molecular weight is 249 g/mol. The molecule has 0 aliphatic rings. The number of hydrogen-bond donors (Lipinski definition) is 1. The maximum atomic E-state index is 10.1.